The third kappa shape index (κ3) is 4.40. The molecule has 0 aliphatic heterocycles. The molecule has 0 saturated heterocycles. The molecule has 0 amide bonds. The smallest absolute Gasteiger partial charge is 0.186 e. The van der Waals surface area contributed by atoms with E-state index in [1.54, 1.807) is 0 Å². The van der Waals surface area contributed by atoms with Crippen LogP contribution in [0.1, 0.15) is 36.7 Å². The molecule has 0 bridgehead atoms. The van der Waals surface area contributed by atoms with E-state index < -0.39 is 6.89 Å². The van der Waals surface area contributed by atoms with E-state index in [-0.39, 0.29) is 11.2 Å². The van der Waals surface area contributed by atoms with Crippen molar-refractivity contribution in [2.45, 2.75) is 26.2 Å². The van der Waals surface area contributed by atoms with Crippen LogP contribution in [0.25, 0.3) is 0 Å². The summed E-state index contributed by atoms with van der Waals surface area (Å²) in [4.78, 5) is 13.7. The van der Waals surface area contributed by atoms with E-state index in [4.69, 9.17) is 0 Å². The van der Waals surface area contributed by atoms with Crippen LogP contribution in [0.3, 0.4) is 0 Å². The second-order valence-corrected chi connectivity index (χ2v) is 12.3. The van der Waals surface area contributed by atoms with Crippen LogP contribution in [0.5, 0.6) is 0 Å². The fourth-order valence-electron chi connectivity index (χ4n) is 4.05. The van der Waals surface area contributed by atoms with E-state index in [1.807, 2.05) is 36.1 Å². The first-order valence-electron chi connectivity index (χ1n) is 11.0. The summed E-state index contributed by atoms with van der Waals surface area (Å²) >= 11 is 0. The topological polar surface area (TPSA) is 17.1 Å². The summed E-state index contributed by atoms with van der Waals surface area (Å²) in [5, 5.41) is 3.53. The Hall–Kier alpha value is -3.15. The lowest BCUT2D eigenvalue weighted by molar-refractivity contribution is 0.107. The Morgan fingerprint density at radius 1 is 0.594 bits per heavy atom. The SMILES string of the molecule is CC(C)(C)c1ccc(C(=O)C=P(c2ccccc2)(c2ccccc2)c2ccccc2)cc1. The largest absolute Gasteiger partial charge is 0.289 e. The van der Waals surface area contributed by atoms with Crippen LogP contribution < -0.4 is 15.9 Å². The van der Waals surface area contributed by atoms with Gasteiger partial charge >= 0.3 is 0 Å². The third-order valence-electron chi connectivity index (χ3n) is 5.84. The molecule has 0 unspecified atom stereocenters. The van der Waals surface area contributed by atoms with Gasteiger partial charge < -0.3 is 0 Å². The molecule has 0 fully saturated rings. The highest BCUT2D eigenvalue weighted by atomic mass is 31.2. The first-order valence-corrected chi connectivity index (χ1v) is 12.8. The van der Waals surface area contributed by atoms with Crippen LogP contribution in [-0.4, -0.2) is 11.6 Å². The summed E-state index contributed by atoms with van der Waals surface area (Å²) in [7, 11) is 0. The number of carbonyl (C=O) groups is 1. The molecular formula is C30H29OP. The summed E-state index contributed by atoms with van der Waals surface area (Å²) in [5.74, 6) is 2.06. The molecule has 4 aromatic carbocycles. The van der Waals surface area contributed by atoms with Gasteiger partial charge in [0.25, 0.3) is 0 Å². The van der Waals surface area contributed by atoms with E-state index in [1.165, 1.54) is 21.5 Å². The standard InChI is InChI=1S/C30H29OP/c1-30(2,3)25-21-19-24(20-22-25)29(31)23-32(26-13-7-4-8-14-26,27-15-9-5-10-16-27)28-17-11-6-12-18-28/h4-23H,1-3H3. The molecule has 0 heterocycles. The van der Waals surface area contributed by atoms with Crippen molar-refractivity contribution in [3.8, 4) is 0 Å². The molecule has 0 aliphatic rings. The van der Waals surface area contributed by atoms with E-state index >= 15 is 0 Å². The molecule has 0 spiro atoms. The zero-order chi connectivity index (χ0) is 22.6. The van der Waals surface area contributed by atoms with Gasteiger partial charge in [0.05, 0.1) is 0 Å². The minimum Gasteiger partial charge on any atom is -0.289 e. The van der Waals surface area contributed by atoms with Gasteiger partial charge in [-0.15, -0.1) is 0 Å². The average Bonchev–Trinajstić information content (AvgIpc) is 2.83. The Morgan fingerprint density at radius 2 is 0.969 bits per heavy atom. The van der Waals surface area contributed by atoms with Crippen LogP contribution in [-0.2, 0) is 5.41 Å². The number of benzene rings is 4. The molecule has 0 radical (unpaired) electrons. The summed E-state index contributed by atoms with van der Waals surface area (Å²) in [6, 6.07) is 39.5. The van der Waals surface area contributed by atoms with Gasteiger partial charge in [-0.05, 0) is 39.6 Å². The van der Waals surface area contributed by atoms with Gasteiger partial charge in [-0.2, -0.15) is 0 Å². The lowest BCUT2D eigenvalue weighted by atomic mass is 9.86. The molecule has 0 N–H and O–H groups in total. The maximum absolute atomic E-state index is 13.7. The molecule has 0 aromatic heterocycles. The maximum atomic E-state index is 13.7. The van der Waals surface area contributed by atoms with Gasteiger partial charge in [0.1, 0.15) is 0 Å². The maximum Gasteiger partial charge on any atom is 0.186 e. The van der Waals surface area contributed by atoms with Crippen LogP contribution in [0, 0.1) is 0 Å². The Bertz CT molecular complexity index is 1130. The van der Waals surface area contributed by atoms with Crippen molar-refractivity contribution in [3.63, 3.8) is 0 Å². The minimum absolute atomic E-state index is 0.0557. The quantitative estimate of drug-likeness (QED) is 0.279. The zero-order valence-electron chi connectivity index (χ0n) is 18.9. The van der Waals surface area contributed by atoms with E-state index in [9.17, 15) is 4.79 Å². The summed E-state index contributed by atoms with van der Waals surface area (Å²) in [6.45, 7) is 4.27. The zero-order valence-corrected chi connectivity index (χ0v) is 19.8. The van der Waals surface area contributed by atoms with Crippen LogP contribution >= 0.6 is 6.89 Å². The van der Waals surface area contributed by atoms with Crippen molar-refractivity contribution in [3.05, 3.63) is 126 Å². The number of carbonyl (C=O) groups excluding carboxylic acids is 1. The molecule has 4 rings (SSSR count). The highest BCUT2D eigenvalue weighted by Crippen LogP contribution is 2.43. The van der Waals surface area contributed by atoms with E-state index in [0.29, 0.717) is 0 Å². The second-order valence-electron chi connectivity index (χ2n) is 9.05. The number of ketones is 1. The lowest BCUT2D eigenvalue weighted by Crippen LogP contribution is -2.28. The average molecular weight is 437 g/mol. The fourth-order valence-corrected chi connectivity index (χ4v) is 7.81. The number of hydrogen-bond donors (Lipinski definition) is 0. The van der Waals surface area contributed by atoms with Crippen molar-refractivity contribution in [2.24, 2.45) is 0 Å². The van der Waals surface area contributed by atoms with E-state index in [0.717, 1.165) is 5.56 Å². The molecular weight excluding hydrogens is 407 g/mol. The summed E-state index contributed by atoms with van der Waals surface area (Å²) < 4.78 is 0. The Morgan fingerprint density at radius 3 is 1.31 bits per heavy atom. The molecule has 0 saturated carbocycles. The molecule has 0 aliphatic carbocycles. The van der Waals surface area contributed by atoms with Gasteiger partial charge in [-0.25, -0.2) is 0 Å². The second kappa shape index (κ2) is 9.15. The Kier molecular flexibility index (Phi) is 6.31. The van der Waals surface area contributed by atoms with Crippen LogP contribution in [0.4, 0.5) is 0 Å². The summed E-state index contributed by atoms with van der Waals surface area (Å²) in [5.41, 5.74) is 2.01. The first kappa shape index (κ1) is 22.1. The van der Waals surface area contributed by atoms with Crippen molar-refractivity contribution in [1.82, 2.24) is 0 Å². The van der Waals surface area contributed by atoms with Crippen molar-refractivity contribution in [1.29, 1.82) is 0 Å². The van der Waals surface area contributed by atoms with Crippen molar-refractivity contribution < 1.29 is 4.79 Å². The van der Waals surface area contributed by atoms with Gasteiger partial charge in [0, 0.05) is 5.56 Å². The van der Waals surface area contributed by atoms with E-state index in [2.05, 4.69) is 106 Å². The van der Waals surface area contributed by atoms with Crippen molar-refractivity contribution >= 4 is 34.4 Å². The van der Waals surface area contributed by atoms with Gasteiger partial charge in [-0.1, -0.05) is 136 Å². The highest BCUT2D eigenvalue weighted by molar-refractivity contribution is 7.95. The predicted octanol–water partition coefficient (Wildman–Crippen LogP) is 5.96. The monoisotopic (exact) mass is 436 g/mol. The number of hydrogen-bond acceptors (Lipinski definition) is 1. The molecule has 1 nitrogen and oxygen atoms in total. The van der Waals surface area contributed by atoms with Crippen molar-refractivity contribution in [2.75, 3.05) is 0 Å². The first-order chi connectivity index (χ1) is 15.4. The number of Topliss-reactive ketones (excluding diaryl/α,β-unsaturated/α-hetero) is 1. The highest BCUT2D eigenvalue weighted by Gasteiger charge is 2.26. The molecule has 2 heteroatoms. The van der Waals surface area contributed by atoms with Gasteiger partial charge in [0.15, 0.2) is 5.78 Å². The number of rotatable bonds is 5. The van der Waals surface area contributed by atoms with Gasteiger partial charge in [0.2, 0.25) is 0 Å². The fraction of sp³-hybridized carbons (Fsp3) is 0.133. The Labute approximate surface area is 191 Å². The predicted molar refractivity (Wildman–Crippen MR) is 141 cm³/mol. The lowest BCUT2D eigenvalue weighted by Gasteiger charge is -2.28. The van der Waals surface area contributed by atoms with Crippen LogP contribution in [0.2, 0.25) is 0 Å². The van der Waals surface area contributed by atoms with Crippen LogP contribution in [0.15, 0.2) is 115 Å². The van der Waals surface area contributed by atoms with Gasteiger partial charge in [-0.3, -0.25) is 4.79 Å². The molecule has 32 heavy (non-hydrogen) atoms. The third-order valence-corrected chi connectivity index (χ3v) is 9.80. The minimum atomic E-state index is -2.29. The normalized spacial score (nSPS) is 11.7. The molecule has 4 aromatic rings. The molecule has 0 atom stereocenters. The summed E-state index contributed by atoms with van der Waals surface area (Å²) in [6.07, 6.45) is 0. The molecule has 160 valence electrons. The Balaban J connectivity index is 1.97.